The standard InChI is InChI=1S/C27H28N2O2S/c1-3-7-23-22-8-5-6-9-25(22)32-26-15-12-20(18-24(26)29-23)27(30)28-17-16-19-10-13-21(14-11-19)31-4-2/h5-6,8-15,18H,3-4,7,16-17H2,1-2H3,(H,28,30). The van der Waals surface area contributed by atoms with Gasteiger partial charge < -0.3 is 10.1 Å². The number of fused-ring (bicyclic) bond motifs is 2. The Morgan fingerprint density at radius 2 is 1.78 bits per heavy atom. The Bertz CT molecular complexity index is 1120. The Balaban J connectivity index is 1.45. The Kier molecular flexibility index (Phi) is 7.28. The van der Waals surface area contributed by atoms with Gasteiger partial charge in [0.05, 0.1) is 12.3 Å². The highest BCUT2D eigenvalue weighted by Crippen LogP contribution is 2.41. The second-order valence-electron chi connectivity index (χ2n) is 7.67. The van der Waals surface area contributed by atoms with Crippen LogP contribution in [-0.2, 0) is 6.42 Å². The molecule has 1 heterocycles. The van der Waals surface area contributed by atoms with Crippen molar-refractivity contribution in [2.24, 2.45) is 4.99 Å². The predicted octanol–water partition coefficient (Wildman–Crippen LogP) is 6.44. The fraction of sp³-hybridized carbons (Fsp3) is 0.259. The minimum Gasteiger partial charge on any atom is -0.494 e. The molecule has 32 heavy (non-hydrogen) atoms. The lowest BCUT2D eigenvalue weighted by molar-refractivity contribution is 0.0954. The summed E-state index contributed by atoms with van der Waals surface area (Å²) in [5.41, 5.74) is 4.95. The first-order valence-corrected chi connectivity index (χ1v) is 12.0. The van der Waals surface area contributed by atoms with E-state index in [0.29, 0.717) is 18.7 Å². The SMILES string of the molecule is CCCC1=Nc2cc(C(=O)NCCc3ccc(OCC)cc3)ccc2Sc2ccccc21. The molecular weight excluding hydrogens is 416 g/mol. The zero-order valence-electron chi connectivity index (χ0n) is 18.6. The molecule has 0 saturated carbocycles. The number of aliphatic imine (C=N–C) groups is 1. The molecule has 0 radical (unpaired) electrons. The highest BCUT2D eigenvalue weighted by atomic mass is 32.2. The van der Waals surface area contributed by atoms with Gasteiger partial charge in [-0.3, -0.25) is 9.79 Å². The van der Waals surface area contributed by atoms with Gasteiger partial charge in [0.15, 0.2) is 0 Å². The lowest BCUT2D eigenvalue weighted by Gasteiger charge is -2.09. The molecule has 0 fully saturated rings. The molecule has 4 rings (SSSR count). The number of benzene rings is 3. The number of rotatable bonds is 8. The number of nitrogens with zero attached hydrogens (tertiary/aromatic N) is 1. The average Bonchev–Trinajstić information content (AvgIpc) is 2.96. The maximum absolute atomic E-state index is 12.8. The van der Waals surface area contributed by atoms with Gasteiger partial charge in [-0.2, -0.15) is 0 Å². The molecule has 0 bridgehead atoms. The van der Waals surface area contributed by atoms with Crippen LogP contribution >= 0.6 is 11.8 Å². The van der Waals surface area contributed by atoms with Crippen LogP contribution in [0.4, 0.5) is 5.69 Å². The second kappa shape index (κ2) is 10.5. The smallest absolute Gasteiger partial charge is 0.251 e. The highest BCUT2D eigenvalue weighted by Gasteiger charge is 2.18. The molecule has 3 aromatic carbocycles. The summed E-state index contributed by atoms with van der Waals surface area (Å²) >= 11 is 1.72. The van der Waals surface area contributed by atoms with Gasteiger partial charge in [-0.05, 0) is 61.7 Å². The number of hydrogen-bond acceptors (Lipinski definition) is 4. The van der Waals surface area contributed by atoms with Gasteiger partial charge in [0.1, 0.15) is 5.75 Å². The van der Waals surface area contributed by atoms with Gasteiger partial charge in [-0.15, -0.1) is 0 Å². The second-order valence-corrected chi connectivity index (χ2v) is 8.76. The van der Waals surface area contributed by atoms with Crippen molar-refractivity contribution in [3.05, 3.63) is 83.4 Å². The fourth-order valence-corrected chi connectivity index (χ4v) is 4.74. The van der Waals surface area contributed by atoms with E-state index in [4.69, 9.17) is 9.73 Å². The predicted molar refractivity (Wildman–Crippen MR) is 132 cm³/mol. The number of ether oxygens (including phenoxy) is 1. The van der Waals surface area contributed by atoms with Crippen LogP contribution in [-0.4, -0.2) is 24.8 Å². The molecule has 0 unspecified atom stereocenters. The Hall–Kier alpha value is -3.05. The lowest BCUT2D eigenvalue weighted by atomic mass is 10.1. The van der Waals surface area contributed by atoms with Crippen molar-refractivity contribution in [2.45, 2.75) is 42.9 Å². The van der Waals surface area contributed by atoms with E-state index in [1.807, 2.05) is 49.4 Å². The van der Waals surface area contributed by atoms with E-state index in [2.05, 4.69) is 36.5 Å². The van der Waals surface area contributed by atoms with Gasteiger partial charge in [-0.25, -0.2) is 0 Å². The maximum Gasteiger partial charge on any atom is 0.251 e. The van der Waals surface area contributed by atoms with Crippen molar-refractivity contribution in [1.29, 1.82) is 0 Å². The van der Waals surface area contributed by atoms with E-state index in [0.717, 1.165) is 41.3 Å². The van der Waals surface area contributed by atoms with Crippen LogP contribution in [0.1, 0.15) is 48.2 Å². The number of nitrogens with one attached hydrogen (secondary N) is 1. The van der Waals surface area contributed by atoms with Crippen molar-refractivity contribution >= 4 is 29.1 Å². The largest absolute Gasteiger partial charge is 0.494 e. The fourth-order valence-electron chi connectivity index (χ4n) is 3.72. The summed E-state index contributed by atoms with van der Waals surface area (Å²) in [5.74, 6) is 0.797. The van der Waals surface area contributed by atoms with E-state index < -0.39 is 0 Å². The summed E-state index contributed by atoms with van der Waals surface area (Å²) < 4.78 is 5.48. The molecule has 1 amide bonds. The van der Waals surface area contributed by atoms with Crippen LogP contribution < -0.4 is 10.1 Å². The van der Waals surface area contributed by atoms with E-state index in [9.17, 15) is 4.79 Å². The van der Waals surface area contributed by atoms with Crippen LogP contribution in [0.2, 0.25) is 0 Å². The van der Waals surface area contributed by atoms with Crippen molar-refractivity contribution in [3.63, 3.8) is 0 Å². The molecule has 4 nitrogen and oxygen atoms in total. The summed E-state index contributed by atoms with van der Waals surface area (Å²) in [6.07, 6.45) is 2.71. The third kappa shape index (κ3) is 5.22. The third-order valence-corrected chi connectivity index (χ3v) is 6.46. The van der Waals surface area contributed by atoms with Crippen LogP contribution in [0.15, 0.2) is 81.5 Å². The summed E-state index contributed by atoms with van der Waals surface area (Å²) in [6, 6.07) is 22.2. The lowest BCUT2D eigenvalue weighted by Crippen LogP contribution is -2.25. The van der Waals surface area contributed by atoms with E-state index in [-0.39, 0.29) is 5.91 Å². The van der Waals surface area contributed by atoms with Crippen molar-refractivity contribution < 1.29 is 9.53 Å². The number of hydrogen-bond donors (Lipinski definition) is 1. The molecule has 0 saturated heterocycles. The van der Waals surface area contributed by atoms with Crippen molar-refractivity contribution in [2.75, 3.05) is 13.2 Å². The molecule has 0 atom stereocenters. The number of carbonyl (C=O) groups excluding carboxylic acids is 1. The minimum absolute atomic E-state index is 0.0715. The van der Waals surface area contributed by atoms with Crippen LogP contribution in [0.3, 0.4) is 0 Å². The van der Waals surface area contributed by atoms with Crippen molar-refractivity contribution in [3.8, 4) is 5.75 Å². The summed E-state index contributed by atoms with van der Waals surface area (Å²) in [4.78, 5) is 20.0. The Morgan fingerprint density at radius 3 is 2.56 bits per heavy atom. The first-order chi connectivity index (χ1) is 15.7. The Labute approximate surface area is 194 Å². The number of amides is 1. The topological polar surface area (TPSA) is 50.7 Å². The van der Waals surface area contributed by atoms with Crippen LogP contribution in [0.5, 0.6) is 5.75 Å². The molecule has 5 heteroatoms. The summed E-state index contributed by atoms with van der Waals surface area (Å²) in [5, 5.41) is 3.04. The summed E-state index contributed by atoms with van der Waals surface area (Å²) in [6.45, 7) is 5.37. The van der Waals surface area contributed by atoms with E-state index in [1.165, 1.54) is 16.0 Å². The van der Waals surface area contributed by atoms with E-state index in [1.54, 1.807) is 11.8 Å². The quantitative estimate of drug-likeness (QED) is 0.435. The molecule has 1 aliphatic heterocycles. The monoisotopic (exact) mass is 444 g/mol. The average molecular weight is 445 g/mol. The zero-order valence-corrected chi connectivity index (χ0v) is 19.4. The normalized spacial score (nSPS) is 12.2. The van der Waals surface area contributed by atoms with Crippen LogP contribution in [0.25, 0.3) is 0 Å². The summed E-state index contributed by atoms with van der Waals surface area (Å²) in [7, 11) is 0. The molecular formula is C27H28N2O2S. The van der Waals surface area contributed by atoms with Gasteiger partial charge in [0.2, 0.25) is 0 Å². The molecule has 1 aliphatic rings. The van der Waals surface area contributed by atoms with Gasteiger partial charge in [-0.1, -0.05) is 55.4 Å². The number of carbonyl (C=O) groups is 1. The molecule has 0 aliphatic carbocycles. The third-order valence-electron chi connectivity index (χ3n) is 5.31. The molecule has 0 aromatic heterocycles. The van der Waals surface area contributed by atoms with E-state index >= 15 is 0 Å². The van der Waals surface area contributed by atoms with Crippen molar-refractivity contribution in [1.82, 2.24) is 5.32 Å². The minimum atomic E-state index is -0.0715. The van der Waals surface area contributed by atoms with Gasteiger partial charge in [0, 0.05) is 33.2 Å². The first kappa shape index (κ1) is 22.2. The highest BCUT2D eigenvalue weighted by molar-refractivity contribution is 7.99. The zero-order chi connectivity index (χ0) is 22.3. The first-order valence-electron chi connectivity index (χ1n) is 11.2. The molecule has 3 aromatic rings. The van der Waals surface area contributed by atoms with Crippen LogP contribution in [0, 0.1) is 0 Å². The Morgan fingerprint density at radius 1 is 0.969 bits per heavy atom. The molecule has 0 spiro atoms. The maximum atomic E-state index is 12.8. The van der Waals surface area contributed by atoms with Gasteiger partial charge in [0.25, 0.3) is 5.91 Å². The molecule has 164 valence electrons. The molecule has 1 N–H and O–H groups in total. The van der Waals surface area contributed by atoms with Gasteiger partial charge >= 0.3 is 0 Å².